The molecule has 2 N–H and O–H groups in total. The summed E-state index contributed by atoms with van der Waals surface area (Å²) in [5, 5.41) is 4.41. The van der Waals surface area contributed by atoms with Crippen molar-refractivity contribution in [3.63, 3.8) is 0 Å². The molecule has 0 aliphatic rings. The van der Waals surface area contributed by atoms with Crippen LogP contribution in [-0.4, -0.2) is 18.0 Å². The van der Waals surface area contributed by atoms with Crippen LogP contribution in [0, 0.1) is 6.92 Å². The number of carbonyl (C=O) groups is 1. The number of fused-ring (bicyclic) bond motifs is 1. The zero-order valence-electron chi connectivity index (χ0n) is 12.2. The SMILES string of the molecule is COc1ccc2cc(C(=O)Nc3cc(Cl)ccc3C)[nH]c2c1. The van der Waals surface area contributed by atoms with Gasteiger partial charge in [0.1, 0.15) is 11.4 Å². The van der Waals surface area contributed by atoms with E-state index in [4.69, 9.17) is 16.3 Å². The van der Waals surface area contributed by atoms with Crippen LogP contribution in [0.15, 0.2) is 42.5 Å². The summed E-state index contributed by atoms with van der Waals surface area (Å²) in [4.78, 5) is 15.5. The molecule has 1 amide bonds. The van der Waals surface area contributed by atoms with E-state index in [1.54, 1.807) is 19.2 Å². The van der Waals surface area contributed by atoms with Crippen molar-refractivity contribution < 1.29 is 9.53 Å². The van der Waals surface area contributed by atoms with Gasteiger partial charge < -0.3 is 15.0 Å². The van der Waals surface area contributed by atoms with Crippen molar-refractivity contribution in [1.29, 1.82) is 0 Å². The Morgan fingerprint density at radius 2 is 2.00 bits per heavy atom. The quantitative estimate of drug-likeness (QED) is 0.753. The molecule has 1 heterocycles. The molecule has 5 heteroatoms. The number of halogens is 1. The predicted octanol–water partition coefficient (Wildman–Crippen LogP) is 4.39. The zero-order valence-corrected chi connectivity index (χ0v) is 13.0. The third-order valence-electron chi connectivity index (χ3n) is 3.52. The minimum Gasteiger partial charge on any atom is -0.497 e. The van der Waals surface area contributed by atoms with Gasteiger partial charge in [-0.3, -0.25) is 4.79 Å². The third kappa shape index (κ3) is 2.78. The molecule has 112 valence electrons. The summed E-state index contributed by atoms with van der Waals surface area (Å²) in [6.45, 7) is 1.92. The second-order valence-corrected chi connectivity index (χ2v) is 5.49. The van der Waals surface area contributed by atoms with Crippen molar-refractivity contribution in [2.45, 2.75) is 6.92 Å². The van der Waals surface area contributed by atoms with Crippen LogP contribution in [-0.2, 0) is 0 Å². The molecule has 0 bridgehead atoms. The number of rotatable bonds is 3. The first-order valence-electron chi connectivity index (χ1n) is 6.81. The summed E-state index contributed by atoms with van der Waals surface area (Å²) in [5.41, 5.74) is 3.00. The highest BCUT2D eigenvalue weighted by Gasteiger charge is 2.11. The van der Waals surface area contributed by atoms with Crippen molar-refractivity contribution in [2.75, 3.05) is 12.4 Å². The second kappa shape index (κ2) is 5.73. The molecule has 4 nitrogen and oxygen atoms in total. The minimum absolute atomic E-state index is 0.208. The van der Waals surface area contributed by atoms with E-state index in [-0.39, 0.29) is 5.91 Å². The second-order valence-electron chi connectivity index (χ2n) is 5.05. The van der Waals surface area contributed by atoms with Crippen LogP contribution >= 0.6 is 11.6 Å². The van der Waals surface area contributed by atoms with Crippen LogP contribution in [0.1, 0.15) is 16.1 Å². The molecule has 22 heavy (non-hydrogen) atoms. The molecular weight excluding hydrogens is 300 g/mol. The van der Waals surface area contributed by atoms with Gasteiger partial charge in [-0.2, -0.15) is 0 Å². The lowest BCUT2D eigenvalue weighted by Crippen LogP contribution is -2.13. The summed E-state index contributed by atoms with van der Waals surface area (Å²) >= 11 is 5.97. The number of aromatic nitrogens is 1. The number of aryl methyl sites for hydroxylation is 1. The first kappa shape index (κ1) is 14.5. The fourth-order valence-corrected chi connectivity index (χ4v) is 2.45. The summed E-state index contributed by atoms with van der Waals surface area (Å²) in [6, 6.07) is 12.8. The van der Waals surface area contributed by atoms with Gasteiger partial charge in [0.15, 0.2) is 0 Å². The molecule has 2 aromatic carbocycles. The number of amides is 1. The molecule has 0 aliphatic heterocycles. The van der Waals surface area contributed by atoms with E-state index in [2.05, 4.69) is 10.3 Å². The molecule has 0 saturated heterocycles. The van der Waals surface area contributed by atoms with Crippen LogP contribution in [0.5, 0.6) is 5.75 Å². The Hall–Kier alpha value is -2.46. The van der Waals surface area contributed by atoms with E-state index in [1.165, 1.54) is 0 Å². The van der Waals surface area contributed by atoms with Gasteiger partial charge in [-0.25, -0.2) is 0 Å². The molecule has 0 unspecified atom stereocenters. The van der Waals surface area contributed by atoms with E-state index in [0.717, 1.165) is 22.2 Å². The van der Waals surface area contributed by atoms with E-state index < -0.39 is 0 Å². The number of anilines is 1. The van der Waals surface area contributed by atoms with Crippen LogP contribution in [0.4, 0.5) is 5.69 Å². The number of ether oxygens (including phenoxy) is 1. The van der Waals surface area contributed by atoms with Crippen molar-refractivity contribution in [1.82, 2.24) is 4.98 Å². The topological polar surface area (TPSA) is 54.1 Å². The molecule has 0 aliphatic carbocycles. The number of H-pyrrole nitrogens is 1. The van der Waals surface area contributed by atoms with Gasteiger partial charge in [0.2, 0.25) is 0 Å². The number of methoxy groups -OCH3 is 1. The Morgan fingerprint density at radius 1 is 1.18 bits per heavy atom. The molecule has 0 atom stereocenters. The molecule has 1 aromatic heterocycles. The number of nitrogens with one attached hydrogen (secondary N) is 2. The monoisotopic (exact) mass is 314 g/mol. The molecular formula is C17H15ClN2O2. The van der Waals surface area contributed by atoms with Gasteiger partial charge in [-0.05, 0) is 42.8 Å². The van der Waals surface area contributed by atoms with Crippen LogP contribution in [0.25, 0.3) is 10.9 Å². The number of aromatic amines is 1. The average molecular weight is 315 g/mol. The Balaban J connectivity index is 1.90. The van der Waals surface area contributed by atoms with Crippen LogP contribution in [0.3, 0.4) is 0 Å². The maximum atomic E-state index is 12.4. The highest BCUT2D eigenvalue weighted by molar-refractivity contribution is 6.31. The zero-order chi connectivity index (χ0) is 15.7. The summed E-state index contributed by atoms with van der Waals surface area (Å²) in [6.07, 6.45) is 0. The van der Waals surface area contributed by atoms with Gasteiger partial charge in [-0.1, -0.05) is 17.7 Å². The fourth-order valence-electron chi connectivity index (χ4n) is 2.27. The normalized spacial score (nSPS) is 10.7. The van der Waals surface area contributed by atoms with E-state index in [1.807, 2.05) is 37.3 Å². The number of carbonyl (C=O) groups excluding carboxylic acids is 1. The number of benzene rings is 2. The highest BCUT2D eigenvalue weighted by Crippen LogP contribution is 2.23. The predicted molar refractivity (Wildman–Crippen MR) is 89.0 cm³/mol. The average Bonchev–Trinajstić information content (AvgIpc) is 2.94. The number of hydrogen-bond acceptors (Lipinski definition) is 2. The maximum Gasteiger partial charge on any atom is 0.272 e. The molecule has 3 aromatic rings. The van der Waals surface area contributed by atoms with Crippen LogP contribution < -0.4 is 10.1 Å². The largest absolute Gasteiger partial charge is 0.497 e. The van der Waals surface area contributed by atoms with E-state index in [0.29, 0.717) is 16.4 Å². The highest BCUT2D eigenvalue weighted by atomic mass is 35.5. The fraction of sp³-hybridized carbons (Fsp3) is 0.118. The van der Waals surface area contributed by atoms with Crippen LogP contribution in [0.2, 0.25) is 5.02 Å². The summed E-state index contributed by atoms with van der Waals surface area (Å²) in [7, 11) is 1.61. The van der Waals surface area contributed by atoms with Gasteiger partial charge in [-0.15, -0.1) is 0 Å². The van der Waals surface area contributed by atoms with Gasteiger partial charge in [0, 0.05) is 27.7 Å². The first-order chi connectivity index (χ1) is 10.6. The number of hydrogen-bond donors (Lipinski definition) is 2. The maximum absolute atomic E-state index is 12.4. The molecule has 0 radical (unpaired) electrons. The molecule has 0 spiro atoms. The third-order valence-corrected chi connectivity index (χ3v) is 3.76. The minimum atomic E-state index is -0.208. The Morgan fingerprint density at radius 3 is 2.77 bits per heavy atom. The first-order valence-corrected chi connectivity index (χ1v) is 7.19. The summed E-state index contributed by atoms with van der Waals surface area (Å²) in [5.74, 6) is 0.535. The van der Waals surface area contributed by atoms with Crippen molar-refractivity contribution in [3.05, 3.63) is 58.7 Å². The summed E-state index contributed by atoms with van der Waals surface area (Å²) < 4.78 is 5.18. The Kier molecular flexibility index (Phi) is 3.77. The Labute approximate surface area is 133 Å². The Bertz CT molecular complexity index is 855. The smallest absolute Gasteiger partial charge is 0.272 e. The molecule has 0 saturated carbocycles. The van der Waals surface area contributed by atoms with Crippen molar-refractivity contribution in [2.24, 2.45) is 0 Å². The van der Waals surface area contributed by atoms with Gasteiger partial charge >= 0.3 is 0 Å². The lowest BCUT2D eigenvalue weighted by molar-refractivity contribution is 0.102. The van der Waals surface area contributed by atoms with E-state index in [9.17, 15) is 4.79 Å². The van der Waals surface area contributed by atoms with Crippen molar-refractivity contribution in [3.8, 4) is 5.75 Å². The van der Waals surface area contributed by atoms with Gasteiger partial charge in [0.05, 0.1) is 7.11 Å². The van der Waals surface area contributed by atoms with Crippen molar-refractivity contribution >= 4 is 34.1 Å². The lowest BCUT2D eigenvalue weighted by atomic mass is 10.2. The lowest BCUT2D eigenvalue weighted by Gasteiger charge is -2.07. The molecule has 0 fully saturated rings. The van der Waals surface area contributed by atoms with E-state index >= 15 is 0 Å². The van der Waals surface area contributed by atoms with Gasteiger partial charge in [0.25, 0.3) is 5.91 Å². The standard InChI is InChI=1S/C17H15ClN2O2/c1-10-3-5-12(18)8-14(10)20-17(21)16-7-11-4-6-13(22-2)9-15(11)19-16/h3-9,19H,1-2H3,(H,20,21). The molecule has 3 rings (SSSR count).